The normalized spacial score (nSPS) is 12.5. The van der Waals surface area contributed by atoms with E-state index in [1.165, 1.54) is 0 Å². The van der Waals surface area contributed by atoms with Crippen LogP contribution in [0.5, 0.6) is 0 Å². The number of rotatable bonds is 4. The van der Waals surface area contributed by atoms with Crippen molar-refractivity contribution >= 4 is 35.0 Å². The molecule has 94 valence electrons. The van der Waals surface area contributed by atoms with Crippen LogP contribution in [0, 0.1) is 16.1 Å². The summed E-state index contributed by atoms with van der Waals surface area (Å²) >= 11 is 7.21. The summed E-state index contributed by atoms with van der Waals surface area (Å²) in [5.74, 6) is 1.10. The number of aromatic amines is 1. The summed E-state index contributed by atoms with van der Waals surface area (Å²) in [5.41, 5.74) is 2.52. The van der Waals surface area contributed by atoms with Gasteiger partial charge in [0.1, 0.15) is 6.07 Å². The van der Waals surface area contributed by atoms with Crippen molar-refractivity contribution in [2.24, 2.45) is 0 Å². The molecule has 0 aliphatic heterocycles. The number of fused-ring (bicyclic) bond motifs is 1. The van der Waals surface area contributed by atoms with Crippen LogP contribution < -0.4 is 0 Å². The zero-order valence-electron chi connectivity index (χ0n) is 10.4. The molecular formula is C13H15N3S2. The van der Waals surface area contributed by atoms with Gasteiger partial charge in [0.25, 0.3) is 0 Å². The Kier molecular flexibility index (Phi) is 4.10. The first-order valence-electron chi connectivity index (χ1n) is 5.81. The molecule has 3 nitrogen and oxygen atoms in total. The molecule has 0 aliphatic carbocycles. The fourth-order valence-corrected chi connectivity index (χ4v) is 3.05. The van der Waals surface area contributed by atoms with Gasteiger partial charge in [0, 0.05) is 6.04 Å². The van der Waals surface area contributed by atoms with Crippen molar-refractivity contribution in [3.63, 3.8) is 0 Å². The fourth-order valence-electron chi connectivity index (χ4n) is 2.10. The lowest BCUT2D eigenvalue weighted by atomic mass is 10.2. The molecule has 1 unspecified atom stereocenters. The van der Waals surface area contributed by atoms with E-state index in [0.29, 0.717) is 16.4 Å². The van der Waals surface area contributed by atoms with Gasteiger partial charge in [-0.1, -0.05) is 6.07 Å². The SMILES string of the molecule is CSCCC(C)n1c(=S)[nH]c2c(C#N)cccc21. The van der Waals surface area contributed by atoms with Crippen molar-refractivity contribution in [3.05, 3.63) is 28.5 Å². The Morgan fingerprint density at radius 3 is 3.00 bits per heavy atom. The highest BCUT2D eigenvalue weighted by atomic mass is 32.2. The standard InChI is InChI=1S/C13H15N3S2/c1-9(6-7-18-2)16-11-5-3-4-10(8-14)12(11)15-13(16)17/h3-5,9H,6-7H2,1-2H3,(H,15,17). The summed E-state index contributed by atoms with van der Waals surface area (Å²) in [6.07, 6.45) is 3.17. The Balaban J connectivity index is 2.55. The van der Waals surface area contributed by atoms with Crippen LogP contribution in [-0.2, 0) is 0 Å². The number of benzene rings is 1. The molecule has 1 aromatic heterocycles. The highest BCUT2D eigenvalue weighted by Gasteiger charge is 2.12. The number of nitrogens with one attached hydrogen (secondary N) is 1. The maximum Gasteiger partial charge on any atom is 0.178 e. The molecule has 0 amide bonds. The van der Waals surface area contributed by atoms with Crippen molar-refractivity contribution in [1.29, 1.82) is 5.26 Å². The average Bonchev–Trinajstić information content (AvgIpc) is 2.71. The molecule has 0 saturated carbocycles. The first-order valence-corrected chi connectivity index (χ1v) is 7.61. The molecule has 5 heteroatoms. The van der Waals surface area contributed by atoms with Gasteiger partial charge in [0.05, 0.1) is 16.6 Å². The largest absolute Gasteiger partial charge is 0.329 e. The minimum Gasteiger partial charge on any atom is -0.329 e. The van der Waals surface area contributed by atoms with E-state index in [9.17, 15) is 0 Å². The lowest BCUT2D eigenvalue weighted by Crippen LogP contribution is -2.06. The van der Waals surface area contributed by atoms with Gasteiger partial charge in [0.2, 0.25) is 0 Å². The van der Waals surface area contributed by atoms with E-state index in [0.717, 1.165) is 23.2 Å². The number of nitrogens with zero attached hydrogens (tertiary/aromatic N) is 2. The second-order valence-corrected chi connectivity index (χ2v) is 5.61. The Morgan fingerprint density at radius 2 is 2.33 bits per heavy atom. The summed E-state index contributed by atoms with van der Waals surface area (Å²) in [5, 5.41) is 9.10. The van der Waals surface area contributed by atoms with Gasteiger partial charge < -0.3 is 9.55 Å². The monoisotopic (exact) mass is 277 g/mol. The summed E-state index contributed by atoms with van der Waals surface area (Å²) in [7, 11) is 0. The number of para-hydroxylation sites is 1. The van der Waals surface area contributed by atoms with Crippen molar-refractivity contribution in [2.45, 2.75) is 19.4 Å². The first kappa shape index (κ1) is 13.2. The van der Waals surface area contributed by atoms with Crippen LogP contribution in [0.3, 0.4) is 0 Å². The number of aromatic nitrogens is 2. The number of imidazole rings is 1. The van der Waals surface area contributed by atoms with Crippen LogP contribution in [0.25, 0.3) is 11.0 Å². The van der Waals surface area contributed by atoms with Gasteiger partial charge in [-0.15, -0.1) is 0 Å². The third kappa shape index (κ3) is 2.31. The van der Waals surface area contributed by atoms with E-state index in [2.05, 4.69) is 28.8 Å². The molecule has 0 fully saturated rings. The molecule has 0 bridgehead atoms. The van der Waals surface area contributed by atoms with Crippen LogP contribution >= 0.6 is 24.0 Å². The van der Waals surface area contributed by atoms with Crippen molar-refractivity contribution in [3.8, 4) is 6.07 Å². The Labute approximate surface area is 116 Å². The molecule has 0 radical (unpaired) electrons. The van der Waals surface area contributed by atoms with E-state index in [1.54, 1.807) is 0 Å². The number of H-pyrrole nitrogens is 1. The van der Waals surface area contributed by atoms with Gasteiger partial charge in [-0.25, -0.2) is 0 Å². The Morgan fingerprint density at radius 1 is 1.56 bits per heavy atom. The number of nitriles is 1. The zero-order chi connectivity index (χ0) is 13.1. The molecule has 1 N–H and O–H groups in total. The van der Waals surface area contributed by atoms with E-state index < -0.39 is 0 Å². The van der Waals surface area contributed by atoms with Crippen molar-refractivity contribution < 1.29 is 0 Å². The van der Waals surface area contributed by atoms with Crippen molar-refractivity contribution in [2.75, 3.05) is 12.0 Å². The number of hydrogen-bond acceptors (Lipinski definition) is 3. The number of thioether (sulfide) groups is 1. The molecule has 2 rings (SSSR count). The van der Waals surface area contributed by atoms with Crippen molar-refractivity contribution in [1.82, 2.24) is 9.55 Å². The molecule has 0 aliphatic rings. The number of hydrogen-bond donors (Lipinski definition) is 1. The van der Waals surface area contributed by atoms with Gasteiger partial charge in [-0.3, -0.25) is 0 Å². The van der Waals surface area contributed by atoms with E-state index in [1.807, 2.05) is 30.0 Å². The Hall–Kier alpha value is -1.25. The fraction of sp³-hybridized carbons (Fsp3) is 0.385. The topological polar surface area (TPSA) is 44.5 Å². The summed E-state index contributed by atoms with van der Waals surface area (Å²) in [6, 6.07) is 8.26. The predicted octanol–water partition coefficient (Wildman–Crippen LogP) is 3.88. The second kappa shape index (κ2) is 5.59. The van der Waals surface area contributed by atoms with Crippen LogP contribution in [-0.4, -0.2) is 21.6 Å². The minimum atomic E-state index is 0.340. The third-order valence-corrected chi connectivity index (χ3v) is 4.00. The summed E-state index contributed by atoms with van der Waals surface area (Å²) in [4.78, 5) is 3.15. The zero-order valence-corrected chi connectivity index (χ0v) is 12.1. The lowest BCUT2D eigenvalue weighted by Gasteiger charge is -2.13. The maximum absolute atomic E-state index is 9.10. The van der Waals surface area contributed by atoms with E-state index in [-0.39, 0.29) is 0 Å². The third-order valence-electron chi connectivity index (χ3n) is 3.05. The first-order chi connectivity index (χ1) is 8.69. The van der Waals surface area contributed by atoms with Crippen LogP contribution in [0.4, 0.5) is 0 Å². The lowest BCUT2D eigenvalue weighted by molar-refractivity contribution is 0.543. The molecule has 1 aromatic carbocycles. The van der Waals surface area contributed by atoms with Gasteiger partial charge in [-0.2, -0.15) is 17.0 Å². The molecule has 18 heavy (non-hydrogen) atoms. The van der Waals surface area contributed by atoms with Crippen LogP contribution in [0.2, 0.25) is 0 Å². The average molecular weight is 277 g/mol. The van der Waals surface area contributed by atoms with E-state index >= 15 is 0 Å². The Bertz CT molecular complexity index is 648. The van der Waals surface area contributed by atoms with Gasteiger partial charge in [0.15, 0.2) is 4.77 Å². The van der Waals surface area contributed by atoms with Gasteiger partial charge >= 0.3 is 0 Å². The van der Waals surface area contributed by atoms with Crippen LogP contribution in [0.1, 0.15) is 24.9 Å². The molecule has 2 aromatic rings. The molecule has 1 heterocycles. The quantitative estimate of drug-likeness (QED) is 0.862. The summed E-state index contributed by atoms with van der Waals surface area (Å²) in [6.45, 7) is 2.17. The smallest absolute Gasteiger partial charge is 0.178 e. The highest BCUT2D eigenvalue weighted by Crippen LogP contribution is 2.24. The second-order valence-electron chi connectivity index (χ2n) is 4.24. The predicted molar refractivity (Wildman–Crippen MR) is 79.5 cm³/mol. The molecule has 0 spiro atoms. The highest BCUT2D eigenvalue weighted by molar-refractivity contribution is 7.98. The minimum absolute atomic E-state index is 0.340. The van der Waals surface area contributed by atoms with Crippen LogP contribution in [0.15, 0.2) is 18.2 Å². The maximum atomic E-state index is 9.10. The van der Waals surface area contributed by atoms with E-state index in [4.69, 9.17) is 17.5 Å². The molecular weight excluding hydrogens is 262 g/mol. The molecule has 0 saturated heterocycles. The molecule has 1 atom stereocenters. The van der Waals surface area contributed by atoms with Gasteiger partial charge in [-0.05, 0) is 49.7 Å². The summed E-state index contributed by atoms with van der Waals surface area (Å²) < 4.78 is 2.81.